The Morgan fingerprint density at radius 1 is 1.62 bits per heavy atom. The zero-order valence-corrected chi connectivity index (χ0v) is 4.98. The third kappa shape index (κ3) is 1.24. The van der Waals surface area contributed by atoms with Gasteiger partial charge in [0.05, 0.1) is 0 Å². The molecule has 0 aromatic carbocycles. The van der Waals surface area contributed by atoms with Gasteiger partial charge in [0.1, 0.15) is 0 Å². The van der Waals surface area contributed by atoms with E-state index in [0.717, 1.165) is 13.0 Å². The van der Waals surface area contributed by atoms with Crippen LogP contribution < -0.4 is 5.73 Å². The normalized spacial score (nSPS) is 26.4. The van der Waals surface area contributed by atoms with Crippen molar-refractivity contribution < 1.29 is 0 Å². The van der Waals surface area contributed by atoms with Crippen molar-refractivity contribution in [1.82, 2.24) is 0 Å². The summed E-state index contributed by atoms with van der Waals surface area (Å²) in [4.78, 5) is 0. The Morgan fingerprint density at radius 2 is 2.50 bits per heavy atom. The molecule has 1 rings (SSSR count). The van der Waals surface area contributed by atoms with E-state index in [1.165, 1.54) is 12.8 Å². The molecule has 1 unspecified atom stereocenters. The summed E-state index contributed by atoms with van der Waals surface area (Å²) in [6.07, 6.45) is 3.54. The Hall–Kier alpha value is -0.480. The number of hydrogen-bond acceptors (Lipinski definition) is 1. The molecular formula is C7H11N. The van der Waals surface area contributed by atoms with Gasteiger partial charge >= 0.3 is 0 Å². The van der Waals surface area contributed by atoms with E-state index >= 15 is 0 Å². The lowest BCUT2D eigenvalue weighted by molar-refractivity contribution is 0.579. The highest BCUT2D eigenvalue weighted by atomic mass is 14.5. The summed E-state index contributed by atoms with van der Waals surface area (Å²) in [5, 5.41) is 0. The Kier molecular flexibility index (Phi) is 1.93. The van der Waals surface area contributed by atoms with Crippen LogP contribution in [-0.4, -0.2) is 6.54 Å². The molecule has 0 heterocycles. The van der Waals surface area contributed by atoms with Crippen molar-refractivity contribution in [2.75, 3.05) is 6.54 Å². The highest BCUT2D eigenvalue weighted by molar-refractivity contribution is 5.07. The van der Waals surface area contributed by atoms with Crippen molar-refractivity contribution in [2.45, 2.75) is 19.3 Å². The van der Waals surface area contributed by atoms with Crippen molar-refractivity contribution in [2.24, 2.45) is 11.7 Å². The van der Waals surface area contributed by atoms with Gasteiger partial charge in [0, 0.05) is 18.9 Å². The monoisotopic (exact) mass is 109 g/mol. The standard InChI is InChI=1S/C7H11N/c8-6-7-4-2-1-3-5-7/h7H,1-2,4,6,8H2. The van der Waals surface area contributed by atoms with E-state index in [2.05, 4.69) is 11.8 Å². The van der Waals surface area contributed by atoms with Gasteiger partial charge in [0.15, 0.2) is 0 Å². The maximum atomic E-state index is 5.40. The summed E-state index contributed by atoms with van der Waals surface area (Å²) >= 11 is 0. The molecule has 0 bridgehead atoms. The van der Waals surface area contributed by atoms with Gasteiger partial charge in [-0.3, -0.25) is 0 Å². The lowest BCUT2D eigenvalue weighted by Crippen LogP contribution is -2.13. The minimum atomic E-state index is 0.503. The molecule has 44 valence electrons. The molecule has 0 saturated heterocycles. The molecule has 8 heavy (non-hydrogen) atoms. The summed E-state index contributed by atoms with van der Waals surface area (Å²) < 4.78 is 0. The van der Waals surface area contributed by atoms with Gasteiger partial charge < -0.3 is 5.73 Å². The van der Waals surface area contributed by atoms with E-state index in [-0.39, 0.29) is 0 Å². The maximum Gasteiger partial charge on any atom is 0.0325 e. The molecule has 0 radical (unpaired) electrons. The third-order valence-corrected chi connectivity index (χ3v) is 1.45. The van der Waals surface area contributed by atoms with Gasteiger partial charge in [0.25, 0.3) is 0 Å². The Bertz CT molecular complexity index is 118. The van der Waals surface area contributed by atoms with Crippen LogP contribution in [0.2, 0.25) is 0 Å². The van der Waals surface area contributed by atoms with E-state index in [1.807, 2.05) is 0 Å². The third-order valence-electron chi connectivity index (χ3n) is 1.45. The summed E-state index contributed by atoms with van der Waals surface area (Å²) in [5.74, 6) is 6.65. The predicted molar refractivity (Wildman–Crippen MR) is 34.2 cm³/mol. The first-order valence-electron chi connectivity index (χ1n) is 3.12. The van der Waals surface area contributed by atoms with Crippen molar-refractivity contribution in [3.8, 4) is 11.8 Å². The molecule has 1 aliphatic carbocycles. The second kappa shape index (κ2) is 2.74. The first-order valence-corrected chi connectivity index (χ1v) is 3.12. The van der Waals surface area contributed by atoms with Gasteiger partial charge in [-0.25, -0.2) is 0 Å². The van der Waals surface area contributed by atoms with Crippen LogP contribution >= 0.6 is 0 Å². The van der Waals surface area contributed by atoms with Crippen LogP contribution in [0.5, 0.6) is 0 Å². The molecule has 1 atom stereocenters. The molecule has 0 fully saturated rings. The van der Waals surface area contributed by atoms with E-state index in [1.54, 1.807) is 0 Å². The van der Waals surface area contributed by atoms with E-state index in [9.17, 15) is 0 Å². The second-order valence-corrected chi connectivity index (χ2v) is 2.15. The van der Waals surface area contributed by atoms with Crippen molar-refractivity contribution >= 4 is 0 Å². The first-order chi connectivity index (χ1) is 3.93. The Balaban J connectivity index is 2.39. The first kappa shape index (κ1) is 5.65. The average Bonchev–Trinajstić information content (AvgIpc) is 1.90. The van der Waals surface area contributed by atoms with Crippen molar-refractivity contribution in [1.29, 1.82) is 0 Å². The molecule has 1 aliphatic rings. The summed E-state index contributed by atoms with van der Waals surface area (Å²) in [7, 11) is 0. The predicted octanol–water partition coefficient (Wildman–Crippen LogP) is 0.749. The van der Waals surface area contributed by atoms with E-state index in [4.69, 9.17) is 5.73 Å². The molecule has 1 heteroatoms. The van der Waals surface area contributed by atoms with Crippen LogP contribution in [0.3, 0.4) is 0 Å². The molecule has 0 aromatic rings. The SMILES string of the molecule is NCC1C#CCCC1. The minimum Gasteiger partial charge on any atom is -0.329 e. The van der Waals surface area contributed by atoms with Gasteiger partial charge in [-0.15, -0.1) is 5.92 Å². The van der Waals surface area contributed by atoms with Crippen molar-refractivity contribution in [3.05, 3.63) is 0 Å². The lowest BCUT2D eigenvalue weighted by Gasteiger charge is -2.08. The van der Waals surface area contributed by atoms with Crippen LogP contribution in [0.15, 0.2) is 0 Å². The molecular weight excluding hydrogens is 98.1 g/mol. The molecule has 1 nitrogen and oxygen atoms in total. The smallest absolute Gasteiger partial charge is 0.0325 e. The lowest BCUT2D eigenvalue weighted by atomic mass is 9.99. The molecule has 0 aromatic heterocycles. The average molecular weight is 109 g/mol. The number of hydrogen-bond donors (Lipinski definition) is 1. The largest absolute Gasteiger partial charge is 0.329 e. The quantitative estimate of drug-likeness (QED) is 0.494. The summed E-state index contributed by atoms with van der Waals surface area (Å²) in [6.45, 7) is 0.743. The second-order valence-electron chi connectivity index (χ2n) is 2.15. The molecule has 2 N–H and O–H groups in total. The van der Waals surface area contributed by atoms with Gasteiger partial charge in [-0.2, -0.15) is 0 Å². The van der Waals surface area contributed by atoms with Crippen LogP contribution in [0, 0.1) is 17.8 Å². The Morgan fingerprint density at radius 3 is 2.88 bits per heavy atom. The van der Waals surface area contributed by atoms with Crippen LogP contribution in [0.4, 0.5) is 0 Å². The fourth-order valence-corrected chi connectivity index (χ4v) is 0.902. The highest BCUT2D eigenvalue weighted by Crippen LogP contribution is 2.09. The number of nitrogens with two attached hydrogens (primary N) is 1. The van der Waals surface area contributed by atoms with Crippen LogP contribution in [0.1, 0.15) is 19.3 Å². The number of rotatable bonds is 1. The zero-order chi connectivity index (χ0) is 5.82. The van der Waals surface area contributed by atoms with Crippen LogP contribution in [0.25, 0.3) is 0 Å². The fraction of sp³-hybridized carbons (Fsp3) is 0.714. The molecule has 0 spiro atoms. The summed E-state index contributed by atoms with van der Waals surface area (Å²) in [6, 6.07) is 0. The zero-order valence-electron chi connectivity index (χ0n) is 4.98. The topological polar surface area (TPSA) is 26.0 Å². The highest BCUT2D eigenvalue weighted by Gasteiger charge is 2.03. The van der Waals surface area contributed by atoms with E-state index < -0.39 is 0 Å². The minimum absolute atomic E-state index is 0.503. The Labute approximate surface area is 50.3 Å². The van der Waals surface area contributed by atoms with Crippen molar-refractivity contribution in [3.63, 3.8) is 0 Å². The molecule has 0 saturated carbocycles. The van der Waals surface area contributed by atoms with Gasteiger partial charge in [-0.1, -0.05) is 5.92 Å². The van der Waals surface area contributed by atoms with E-state index in [0.29, 0.717) is 5.92 Å². The summed E-state index contributed by atoms with van der Waals surface area (Å²) in [5.41, 5.74) is 5.40. The van der Waals surface area contributed by atoms with Gasteiger partial charge in [0.2, 0.25) is 0 Å². The van der Waals surface area contributed by atoms with Crippen LogP contribution in [-0.2, 0) is 0 Å². The fourth-order valence-electron chi connectivity index (χ4n) is 0.902. The molecule has 0 aliphatic heterocycles. The molecule has 0 amide bonds. The van der Waals surface area contributed by atoms with Gasteiger partial charge in [-0.05, 0) is 12.8 Å². The maximum absolute atomic E-state index is 5.40.